The first-order valence-corrected chi connectivity index (χ1v) is 9.49. The number of amides is 1. The standard InChI is InChI=1S/C22H21N5O3/c1-13-17(14(2)26(3)25-13)20(28)18-19(16-8-4-5-10-24-16)27(22(30)21(18)29)12-15-7-6-9-23-11-15/h4-11,19,28H,12H2,1-3H3/b20-18+. The van der Waals surface area contributed by atoms with Crippen molar-refractivity contribution in [1.29, 1.82) is 0 Å². The van der Waals surface area contributed by atoms with Gasteiger partial charge in [0.15, 0.2) is 0 Å². The van der Waals surface area contributed by atoms with E-state index >= 15 is 0 Å². The summed E-state index contributed by atoms with van der Waals surface area (Å²) in [5.41, 5.74) is 3.02. The minimum atomic E-state index is -0.814. The Kier molecular flexibility index (Phi) is 4.91. The fourth-order valence-electron chi connectivity index (χ4n) is 3.83. The second-order valence-electron chi connectivity index (χ2n) is 7.21. The Morgan fingerprint density at radius 1 is 1.13 bits per heavy atom. The second kappa shape index (κ2) is 7.55. The van der Waals surface area contributed by atoms with Gasteiger partial charge in [-0.05, 0) is 37.6 Å². The lowest BCUT2D eigenvalue weighted by Crippen LogP contribution is -2.29. The number of nitrogens with zero attached hydrogens (tertiary/aromatic N) is 5. The zero-order valence-electron chi connectivity index (χ0n) is 16.9. The van der Waals surface area contributed by atoms with E-state index in [-0.39, 0.29) is 17.9 Å². The number of Topliss-reactive ketones (excluding diaryl/α,β-unsaturated/α-hetero) is 1. The fraction of sp³-hybridized carbons (Fsp3) is 0.227. The first-order valence-electron chi connectivity index (χ1n) is 9.49. The predicted octanol–water partition coefficient (Wildman–Crippen LogP) is 2.45. The number of ketones is 1. The number of aromatic nitrogens is 4. The number of hydrogen-bond acceptors (Lipinski definition) is 6. The average Bonchev–Trinajstić information content (AvgIpc) is 3.15. The summed E-state index contributed by atoms with van der Waals surface area (Å²) < 4.78 is 1.63. The van der Waals surface area contributed by atoms with Crippen molar-refractivity contribution in [3.05, 3.63) is 82.7 Å². The molecule has 0 radical (unpaired) electrons. The largest absolute Gasteiger partial charge is 0.507 e. The molecule has 3 aromatic rings. The second-order valence-corrected chi connectivity index (χ2v) is 7.21. The zero-order chi connectivity index (χ0) is 21.4. The summed E-state index contributed by atoms with van der Waals surface area (Å²) in [5.74, 6) is -1.66. The molecule has 0 aromatic carbocycles. The lowest BCUT2D eigenvalue weighted by atomic mass is 9.97. The first-order chi connectivity index (χ1) is 14.4. The van der Waals surface area contributed by atoms with Gasteiger partial charge in [0.05, 0.1) is 22.5 Å². The van der Waals surface area contributed by atoms with E-state index in [0.29, 0.717) is 22.6 Å². The molecule has 1 unspecified atom stereocenters. The van der Waals surface area contributed by atoms with Crippen molar-refractivity contribution in [2.45, 2.75) is 26.4 Å². The van der Waals surface area contributed by atoms with Crippen LogP contribution in [0.15, 0.2) is 54.5 Å². The maximum Gasteiger partial charge on any atom is 0.296 e. The molecule has 1 atom stereocenters. The minimum Gasteiger partial charge on any atom is -0.507 e. The SMILES string of the molecule is Cc1nn(C)c(C)c1/C(O)=C1\C(=O)C(=O)N(Cc2cccnc2)C1c1ccccn1. The van der Waals surface area contributed by atoms with Gasteiger partial charge in [-0.3, -0.25) is 24.2 Å². The Balaban J connectivity index is 1.90. The quantitative estimate of drug-likeness (QED) is 0.408. The molecule has 1 aliphatic rings. The van der Waals surface area contributed by atoms with E-state index in [4.69, 9.17) is 0 Å². The van der Waals surface area contributed by atoms with Gasteiger partial charge in [-0.25, -0.2) is 0 Å². The number of pyridine rings is 2. The van der Waals surface area contributed by atoms with Crippen LogP contribution in [0.2, 0.25) is 0 Å². The van der Waals surface area contributed by atoms with Gasteiger partial charge in [0.2, 0.25) is 0 Å². The van der Waals surface area contributed by atoms with Crippen molar-refractivity contribution in [1.82, 2.24) is 24.6 Å². The van der Waals surface area contributed by atoms with Gasteiger partial charge < -0.3 is 10.0 Å². The molecule has 0 aliphatic carbocycles. The van der Waals surface area contributed by atoms with Crippen molar-refractivity contribution in [3.63, 3.8) is 0 Å². The molecular weight excluding hydrogens is 382 g/mol. The van der Waals surface area contributed by atoms with Crippen LogP contribution in [0.3, 0.4) is 0 Å². The Labute approximate surface area is 173 Å². The number of carbonyl (C=O) groups is 2. The van der Waals surface area contributed by atoms with Crippen LogP contribution in [0, 0.1) is 13.8 Å². The van der Waals surface area contributed by atoms with Gasteiger partial charge in [0.1, 0.15) is 11.8 Å². The predicted molar refractivity (Wildman–Crippen MR) is 109 cm³/mol. The van der Waals surface area contributed by atoms with E-state index < -0.39 is 17.7 Å². The lowest BCUT2D eigenvalue weighted by molar-refractivity contribution is -0.140. The van der Waals surface area contributed by atoms with Crippen LogP contribution in [-0.4, -0.2) is 41.4 Å². The summed E-state index contributed by atoms with van der Waals surface area (Å²) in [6, 6.07) is 8.06. The molecular formula is C22H21N5O3. The Morgan fingerprint density at radius 2 is 1.93 bits per heavy atom. The first kappa shape index (κ1) is 19.5. The van der Waals surface area contributed by atoms with Gasteiger partial charge in [-0.1, -0.05) is 12.1 Å². The number of hydrogen-bond donors (Lipinski definition) is 1. The molecule has 30 heavy (non-hydrogen) atoms. The molecule has 4 heterocycles. The van der Waals surface area contributed by atoms with E-state index in [1.165, 1.54) is 4.90 Å². The van der Waals surface area contributed by atoms with Gasteiger partial charge in [0.25, 0.3) is 11.7 Å². The molecule has 1 N–H and O–H groups in total. The van der Waals surface area contributed by atoms with Gasteiger partial charge in [-0.15, -0.1) is 0 Å². The number of aliphatic hydroxyl groups is 1. The van der Waals surface area contributed by atoms with Gasteiger partial charge in [0, 0.05) is 37.9 Å². The monoisotopic (exact) mass is 403 g/mol. The summed E-state index contributed by atoms with van der Waals surface area (Å²) in [6.45, 7) is 3.72. The van der Waals surface area contributed by atoms with E-state index in [0.717, 1.165) is 5.56 Å². The summed E-state index contributed by atoms with van der Waals surface area (Å²) >= 11 is 0. The van der Waals surface area contributed by atoms with E-state index in [9.17, 15) is 14.7 Å². The third kappa shape index (κ3) is 3.16. The Morgan fingerprint density at radius 3 is 2.53 bits per heavy atom. The van der Waals surface area contributed by atoms with Crippen LogP contribution in [0.25, 0.3) is 5.76 Å². The maximum atomic E-state index is 13.1. The normalized spacial score (nSPS) is 18.2. The highest BCUT2D eigenvalue weighted by atomic mass is 16.3. The van der Waals surface area contributed by atoms with Crippen molar-refractivity contribution in [2.24, 2.45) is 7.05 Å². The highest BCUT2D eigenvalue weighted by Gasteiger charge is 2.47. The van der Waals surface area contributed by atoms with Crippen LogP contribution in [-0.2, 0) is 23.2 Å². The molecule has 152 valence electrons. The third-order valence-electron chi connectivity index (χ3n) is 5.33. The minimum absolute atomic E-state index is 0.0155. The Bertz CT molecular complexity index is 1150. The zero-order valence-corrected chi connectivity index (χ0v) is 16.9. The number of carbonyl (C=O) groups excluding carboxylic acids is 2. The van der Waals surface area contributed by atoms with Crippen LogP contribution >= 0.6 is 0 Å². The molecule has 0 bridgehead atoms. The van der Waals surface area contributed by atoms with Gasteiger partial charge >= 0.3 is 0 Å². The highest BCUT2D eigenvalue weighted by molar-refractivity contribution is 6.46. The molecule has 8 nitrogen and oxygen atoms in total. The van der Waals surface area contributed by atoms with Crippen LogP contribution < -0.4 is 0 Å². The topological polar surface area (TPSA) is 101 Å². The molecule has 0 spiro atoms. The number of aliphatic hydroxyl groups excluding tert-OH is 1. The summed E-state index contributed by atoms with van der Waals surface area (Å²) in [6.07, 6.45) is 4.88. The molecule has 1 aliphatic heterocycles. The molecule has 4 rings (SSSR count). The van der Waals surface area contributed by atoms with E-state index in [1.54, 1.807) is 68.4 Å². The summed E-state index contributed by atoms with van der Waals surface area (Å²) in [4.78, 5) is 35.9. The van der Waals surface area contributed by atoms with E-state index in [2.05, 4.69) is 15.1 Å². The van der Waals surface area contributed by atoms with Crippen LogP contribution in [0.4, 0.5) is 0 Å². The van der Waals surface area contributed by atoms with Crippen LogP contribution in [0.1, 0.15) is 34.3 Å². The number of rotatable bonds is 4. The van der Waals surface area contributed by atoms with Crippen molar-refractivity contribution in [3.8, 4) is 0 Å². The number of likely N-dealkylation sites (tertiary alicyclic amines) is 1. The van der Waals surface area contributed by atoms with Crippen LogP contribution in [0.5, 0.6) is 0 Å². The van der Waals surface area contributed by atoms with Crippen molar-refractivity contribution < 1.29 is 14.7 Å². The van der Waals surface area contributed by atoms with E-state index in [1.807, 2.05) is 6.07 Å². The molecule has 1 fully saturated rings. The number of aryl methyl sites for hydroxylation is 2. The third-order valence-corrected chi connectivity index (χ3v) is 5.33. The Hall–Kier alpha value is -3.81. The lowest BCUT2D eigenvalue weighted by Gasteiger charge is -2.24. The molecule has 8 heteroatoms. The fourth-order valence-corrected chi connectivity index (χ4v) is 3.83. The molecule has 1 amide bonds. The molecule has 1 saturated heterocycles. The molecule has 0 saturated carbocycles. The van der Waals surface area contributed by atoms with Gasteiger partial charge in [-0.2, -0.15) is 5.10 Å². The molecule has 3 aromatic heterocycles. The summed E-state index contributed by atoms with van der Waals surface area (Å²) in [5, 5.41) is 15.5. The smallest absolute Gasteiger partial charge is 0.296 e. The highest BCUT2D eigenvalue weighted by Crippen LogP contribution is 2.40. The van der Waals surface area contributed by atoms with Crippen molar-refractivity contribution in [2.75, 3.05) is 0 Å². The van der Waals surface area contributed by atoms with Crippen molar-refractivity contribution >= 4 is 17.4 Å². The maximum absolute atomic E-state index is 13.1. The average molecular weight is 403 g/mol. The summed E-state index contributed by atoms with van der Waals surface area (Å²) in [7, 11) is 1.76.